The molecule has 118 valence electrons. The Bertz CT molecular complexity index is 710. The predicted molar refractivity (Wildman–Crippen MR) is 88.0 cm³/mol. The van der Waals surface area contributed by atoms with Gasteiger partial charge in [-0.25, -0.2) is 4.79 Å². The van der Waals surface area contributed by atoms with Crippen LogP contribution in [0.15, 0.2) is 66.1 Å². The maximum absolute atomic E-state index is 12.7. The van der Waals surface area contributed by atoms with Crippen molar-refractivity contribution in [2.75, 3.05) is 11.9 Å². The van der Waals surface area contributed by atoms with E-state index in [2.05, 4.69) is 10.3 Å². The summed E-state index contributed by atoms with van der Waals surface area (Å²) in [6, 6.07) is 12.2. The number of benzene rings is 1. The Labute approximate surface area is 135 Å². The van der Waals surface area contributed by atoms with Crippen LogP contribution in [0.2, 0.25) is 0 Å². The second-order valence-corrected chi connectivity index (χ2v) is 4.78. The lowest BCUT2D eigenvalue weighted by molar-refractivity contribution is -0.138. The molecular formula is C18H18N2O3. The Hall–Kier alpha value is -2.95. The Morgan fingerprint density at radius 1 is 1.13 bits per heavy atom. The highest BCUT2D eigenvalue weighted by Gasteiger charge is 2.24. The molecule has 0 radical (unpaired) electrons. The molecule has 1 aromatic carbocycles. The molecule has 0 unspecified atom stereocenters. The molecule has 0 aliphatic heterocycles. The molecular weight excluding hydrogens is 292 g/mol. The highest BCUT2D eigenvalue weighted by atomic mass is 16.5. The van der Waals surface area contributed by atoms with Gasteiger partial charge in [-0.15, -0.1) is 0 Å². The first-order chi connectivity index (χ1) is 11.1. The van der Waals surface area contributed by atoms with Crippen LogP contribution < -0.4 is 5.32 Å². The van der Waals surface area contributed by atoms with Gasteiger partial charge in [-0.05, 0) is 26.0 Å². The highest BCUT2D eigenvalue weighted by Crippen LogP contribution is 2.17. The van der Waals surface area contributed by atoms with Crippen LogP contribution in [0.5, 0.6) is 0 Å². The molecule has 0 amide bonds. The number of nitrogens with zero attached hydrogens (tertiary/aromatic N) is 1. The lowest BCUT2D eigenvalue weighted by Crippen LogP contribution is -2.20. The van der Waals surface area contributed by atoms with Gasteiger partial charge in [-0.2, -0.15) is 0 Å². The third kappa shape index (κ3) is 4.26. The smallest absolute Gasteiger partial charge is 0.343 e. The Kier molecular flexibility index (Phi) is 5.63. The standard InChI is InChI=1S/C18H18N2O3/c1-3-23-18(22)16(17(21)14-8-5-4-6-9-14)13(2)20-15-10-7-11-19-12-15/h4-12,20H,3H2,1-2H3. The fraction of sp³-hybridized carbons (Fsp3) is 0.167. The lowest BCUT2D eigenvalue weighted by atomic mass is 10.0. The summed E-state index contributed by atoms with van der Waals surface area (Å²) in [5, 5.41) is 3.03. The maximum atomic E-state index is 12.7. The quantitative estimate of drug-likeness (QED) is 0.292. The summed E-state index contributed by atoms with van der Waals surface area (Å²) in [6.07, 6.45) is 3.25. The molecule has 1 heterocycles. The number of hydrogen-bond donors (Lipinski definition) is 1. The fourth-order valence-corrected chi connectivity index (χ4v) is 2.07. The summed E-state index contributed by atoms with van der Waals surface area (Å²) in [7, 11) is 0. The van der Waals surface area contributed by atoms with E-state index in [0.29, 0.717) is 16.9 Å². The Balaban J connectivity index is 2.38. The third-order valence-corrected chi connectivity index (χ3v) is 3.11. The highest BCUT2D eigenvalue weighted by molar-refractivity contribution is 6.24. The van der Waals surface area contributed by atoms with E-state index in [1.807, 2.05) is 6.07 Å². The minimum Gasteiger partial charge on any atom is -0.462 e. The van der Waals surface area contributed by atoms with Crippen molar-refractivity contribution in [3.63, 3.8) is 0 Å². The fourth-order valence-electron chi connectivity index (χ4n) is 2.07. The van der Waals surface area contributed by atoms with E-state index in [1.165, 1.54) is 0 Å². The number of Topliss-reactive ketones (excluding diaryl/α,β-unsaturated/α-hetero) is 1. The average molecular weight is 310 g/mol. The summed E-state index contributed by atoms with van der Waals surface area (Å²) in [6.45, 7) is 3.57. The molecule has 0 aliphatic carbocycles. The van der Waals surface area contributed by atoms with Gasteiger partial charge in [-0.3, -0.25) is 9.78 Å². The maximum Gasteiger partial charge on any atom is 0.343 e. The van der Waals surface area contributed by atoms with Crippen LogP contribution in [0.4, 0.5) is 5.69 Å². The number of carbonyl (C=O) groups is 2. The van der Waals surface area contributed by atoms with Crippen LogP contribution in [-0.2, 0) is 9.53 Å². The molecule has 0 atom stereocenters. The van der Waals surface area contributed by atoms with E-state index in [9.17, 15) is 9.59 Å². The number of nitrogens with one attached hydrogen (secondary N) is 1. The monoisotopic (exact) mass is 310 g/mol. The van der Waals surface area contributed by atoms with Crippen LogP contribution in [0.1, 0.15) is 24.2 Å². The summed E-state index contributed by atoms with van der Waals surface area (Å²) < 4.78 is 5.03. The largest absolute Gasteiger partial charge is 0.462 e. The summed E-state index contributed by atoms with van der Waals surface area (Å²) in [5.41, 5.74) is 1.53. The number of carbonyl (C=O) groups excluding carboxylic acids is 2. The molecule has 0 aliphatic rings. The van der Waals surface area contributed by atoms with Crippen LogP contribution in [-0.4, -0.2) is 23.3 Å². The molecule has 0 bridgehead atoms. The van der Waals surface area contributed by atoms with Crippen molar-refractivity contribution < 1.29 is 14.3 Å². The minimum absolute atomic E-state index is 0.0121. The molecule has 2 rings (SSSR count). The molecule has 23 heavy (non-hydrogen) atoms. The van der Waals surface area contributed by atoms with Gasteiger partial charge in [0, 0.05) is 17.5 Å². The second kappa shape index (κ2) is 7.89. The molecule has 0 spiro atoms. The topological polar surface area (TPSA) is 68.3 Å². The first-order valence-electron chi connectivity index (χ1n) is 7.28. The zero-order valence-electron chi connectivity index (χ0n) is 13.1. The van der Waals surface area contributed by atoms with E-state index in [0.717, 1.165) is 0 Å². The minimum atomic E-state index is -0.643. The number of esters is 1. The predicted octanol–water partition coefficient (Wildman–Crippen LogP) is 3.21. The van der Waals surface area contributed by atoms with Crippen LogP contribution in [0.3, 0.4) is 0 Å². The molecule has 1 N–H and O–H groups in total. The van der Waals surface area contributed by atoms with Crippen LogP contribution >= 0.6 is 0 Å². The van der Waals surface area contributed by atoms with Crippen molar-refractivity contribution in [3.8, 4) is 0 Å². The zero-order valence-corrected chi connectivity index (χ0v) is 13.1. The molecule has 2 aromatic rings. The van der Waals surface area contributed by atoms with Gasteiger partial charge in [0.05, 0.1) is 18.5 Å². The zero-order chi connectivity index (χ0) is 16.7. The van der Waals surface area contributed by atoms with Gasteiger partial charge in [0.2, 0.25) is 5.78 Å². The van der Waals surface area contributed by atoms with Gasteiger partial charge in [-0.1, -0.05) is 30.3 Å². The van der Waals surface area contributed by atoms with E-state index in [1.54, 1.807) is 62.6 Å². The van der Waals surface area contributed by atoms with Gasteiger partial charge in [0.25, 0.3) is 0 Å². The number of ketones is 1. The average Bonchev–Trinajstić information content (AvgIpc) is 2.57. The van der Waals surface area contributed by atoms with Crippen molar-refractivity contribution in [3.05, 3.63) is 71.7 Å². The first kappa shape index (κ1) is 16.4. The van der Waals surface area contributed by atoms with Gasteiger partial charge in [0.1, 0.15) is 5.57 Å². The first-order valence-corrected chi connectivity index (χ1v) is 7.28. The van der Waals surface area contributed by atoms with Crippen molar-refractivity contribution >= 4 is 17.4 Å². The van der Waals surface area contributed by atoms with Crippen molar-refractivity contribution in [2.45, 2.75) is 13.8 Å². The van der Waals surface area contributed by atoms with E-state index < -0.39 is 5.97 Å². The Morgan fingerprint density at radius 3 is 2.48 bits per heavy atom. The summed E-state index contributed by atoms with van der Waals surface area (Å²) >= 11 is 0. The van der Waals surface area contributed by atoms with Crippen molar-refractivity contribution in [1.82, 2.24) is 4.98 Å². The van der Waals surface area contributed by atoms with Crippen molar-refractivity contribution in [1.29, 1.82) is 0 Å². The molecule has 0 saturated carbocycles. The van der Waals surface area contributed by atoms with Gasteiger partial charge in [0.15, 0.2) is 0 Å². The van der Waals surface area contributed by atoms with Crippen LogP contribution in [0.25, 0.3) is 0 Å². The molecule has 5 heteroatoms. The molecule has 5 nitrogen and oxygen atoms in total. The van der Waals surface area contributed by atoms with Crippen molar-refractivity contribution in [2.24, 2.45) is 0 Å². The number of ether oxygens (including phenoxy) is 1. The molecule has 0 saturated heterocycles. The van der Waals surface area contributed by atoms with E-state index in [-0.39, 0.29) is 18.0 Å². The number of anilines is 1. The summed E-state index contributed by atoms with van der Waals surface area (Å²) in [5.74, 6) is -1.02. The van der Waals surface area contributed by atoms with Gasteiger partial charge < -0.3 is 10.1 Å². The van der Waals surface area contributed by atoms with E-state index in [4.69, 9.17) is 4.74 Å². The Morgan fingerprint density at radius 2 is 1.87 bits per heavy atom. The SMILES string of the molecule is CCOC(=O)C(C(=O)c1ccccc1)=C(C)Nc1cccnc1. The third-order valence-electron chi connectivity index (χ3n) is 3.11. The lowest BCUT2D eigenvalue weighted by Gasteiger charge is -2.12. The normalized spacial score (nSPS) is 11.4. The number of rotatable bonds is 6. The number of allylic oxidation sites excluding steroid dienone is 1. The van der Waals surface area contributed by atoms with E-state index >= 15 is 0 Å². The van der Waals surface area contributed by atoms with Gasteiger partial charge >= 0.3 is 5.97 Å². The number of pyridine rings is 1. The second-order valence-electron chi connectivity index (χ2n) is 4.78. The van der Waals surface area contributed by atoms with Crippen LogP contribution in [0, 0.1) is 0 Å². The number of aromatic nitrogens is 1. The molecule has 0 fully saturated rings. The number of hydrogen-bond acceptors (Lipinski definition) is 5. The molecule has 1 aromatic heterocycles. The summed E-state index contributed by atoms with van der Waals surface area (Å²) in [4.78, 5) is 28.9.